The van der Waals surface area contributed by atoms with E-state index >= 15 is 0 Å². The molecule has 0 radical (unpaired) electrons. The Labute approximate surface area is 149 Å². The van der Waals surface area contributed by atoms with Gasteiger partial charge >= 0.3 is 6.09 Å². The number of ether oxygens (including phenoxy) is 1. The van der Waals surface area contributed by atoms with Crippen LogP contribution in [-0.4, -0.2) is 37.2 Å². The van der Waals surface area contributed by atoms with Crippen molar-refractivity contribution in [3.05, 3.63) is 71.3 Å². The lowest BCUT2D eigenvalue weighted by Gasteiger charge is -2.36. The predicted molar refractivity (Wildman–Crippen MR) is 99.6 cm³/mol. The van der Waals surface area contributed by atoms with Gasteiger partial charge < -0.3 is 15.0 Å². The van der Waals surface area contributed by atoms with Gasteiger partial charge in [-0.15, -0.1) is 0 Å². The Hall–Kier alpha value is -2.33. The summed E-state index contributed by atoms with van der Waals surface area (Å²) in [7, 11) is 2.10. The molecule has 1 saturated heterocycles. The summed E-state index contributed by atoms with van der Waals surface area (Å²) in [4.78, 5) is 14.4. The first-order valence-corrected chi connectivity index (χ1v) is 8.82. The normalized spacial score (nSPS) is 20.9. The second-order valence-electron chi connectivity index (χ2n) is 6.97. The van der Waals surface area contributed by atoms with Gasteiger partial charge in [-0.1, -0.05) is 60.2 Å². The molecular formula is C21H26N2O2. The minimum Gasteiger partial charge on any atom is -0.445 e. The summed E-state index contributed by atoms with van der Waals surface area (Å²) >= 11 is 0. The van der Waals surface area contributed by atoms with Gasteiger partial charge in [0.05, 0.1) is 0 Å². The molecule has 1 amide bonds. The van der Waals surface area contributed by atoms with Crippen LogP contribution < -0.4 is 5.32 Å². The van der Waals surface area contributed by atoms with E-state index in [9.17, 15) is 4.79 Å². The number of hydrogen-bond acceptors (Lipinski definition) is 3. The van der Waals surface area contributed by atoms with Gasteiger partial charge in [0, 0.05) is 19.1 Å². The number of rotatable bonds is 4. The molecule has 0 saturated carbocycles. The minimum absolute atomic E-state index is 0.105. The number of benzene rings is 2. The molecule has 25 heavy (non-hydrogen) atoms. The average Bonchev–Trinajstić information content (AvgIpc) is 2.61. The van der Waals surface area contributed by atoms with Gasteiger partial charge in [-0.2, -0.15) is 0 Å². The quantitative estimate of drug-likeness (QED) is 0.924. The number of likely N-dealkylation sites (N-methyl/N-ethyl adjacent to an activating group) is 1. The summed E-state index contributed by atoms with van der Waals surface area (Å²) < 4.78 is 5.35. The predicted octanol–water partition coefficient (Wildman–Crippen LogP) is 3.71. The molecule has 2 unspecified atom stereocenters. The molecule has 1 aliphatic rings. The molecule has 4 nitrogen and oxygen atoms in total. The monoisotopic (exact) mass is 338 g/mol. The van der Waals surface area contributed by atoms with Crippen LogP contribution in [0.5, 0.6) is 0 Å². The van der Waals surface area contributed by atoms with E-state index in [4.69, 9.17) is 4.74 Å². The fourth-order valence-corrected chi connectivity index (χ4v) is 3.44. The highest BCUT2D eigenvalue weighted by molar-refractivity contribution is 5.67. The van der Waals surface area contributed by atoms with Gasteiger partial charge in [-0.25, -0.2) is 4.79 Å². The molecule has 1 heterocycles. The number of aryl methyl sites for hydroxylation is 1. The van der Waals surface area contributed by atoms with Gasteiger partial charge in [0.15, 0.2) is 0 Å². The van der Waals surface area contributed by atoms with Crippen molar-refractivity contribution in [2.75, 3.05) is 20.1 Å². The van der Waals surface area contributed by atoms with Gasteiger partial charge in [-0.3, -0.25) is 0 Å². The molecule has 0 spiro atoms. The summed E-state index contributed by atoms with van der Waals surface area (Å²) in [6, 6.07) is 18.6. The summed E-state index contributed by atoms with van der Waals surface area (Å²) in [6.07, 6.45) is 0.597. The molecule has 1 fully saturated rings. The van der Waals surface area contributed by atoms with Crippen LogP contribution in [-0.2, 0) is 11.3 Å². The highest BCUT2D eigenvalue weighted by Gasteiger charge is 2.27. The van der Waals surface area contributed by atoms with E-state index in [2.05, 4.69) is 48.5 Å². The molecule has 2 aromatic carbocycles. The number of piperidine rings is 1. The average molecular weight is 338 g/mol. The molecule has 0 bridgehead atoms. The summed E-state index contributed by atoms with van der Waals surface area (Å²) in [6.45, 7) is 4.27. The van der Waals surface area contributed by atoms with Gasteiger partial charge in [0.1, 0.15) is 6.61 Å². The third kappa shape index (κ3) is 5.07. The van der Waals surface area contributed by atoms with Crippen LogP contribution in [0.2, 0.25) is 0 Å². The van der Waals surface area contributed by atoms with Crippen LogP contribution in [0.1, 0.15) is 29.0 Å². The fraction of sp³-hybridized carbons (Fsp3) is 0.381. The number of amides is 1. The maximum atomic E-state index is 12.1. The largest absolute Gasteiger partial charge is 0.445 e. The van der Waals surface area contributed by atoms with Gasteiger partial charge in [0.2, 0.25) is 0 Å². The Balaban J connectivity index is 1.54. The molecule has 4 heteroatoms. The van der Waals surface area contributed by atoms with Crippen LogP contribution in [0.15, 0.2) is 54.6 Å². The van der Waals surface area contributed by atoms with Crippen molar-refractivity contribution in [2.24, 2.45) is 0 Å². The summed E-state index contributed by atoms with van der Waals surface area (Å²) in [5.74, 6) is 0.429. The first kappa shape index (κ1) is 17.5. The number of carbonyl (C=O) groups excluding carboxylic acids is 1. The van der Waals surface area contributed by atoms with E-state index in [0.717, 1.165) is 25.1 Å². The van der Waals surface area contributed by atoms with Crippen molar-refractivity contribution in [1.29, 1.82) is 0 Å². The SMILES string of the molecule is Cc1ccc(C2CC(NC(=O)OCc3ccccc3)CN(C)C2)cc1. The van der Waals surface area contributed by atoms with Crippen molar-refractivity contribution < 1.29 is 9.53 Å². The fourth-order valence-electron chi connectivity index (χ4n) is 3.44. The maximum absolute atomic E-state index is 12.1. The third-order valence-corrected chi connectivity index (χ3v) is 4.72. The molecule has 0 aromatic heterocycles. The molecule has 0 aliphatic carbocycles. The summed E-state index contributed by atoms with van der Waals surface area (Å²) in [5.41, 5.74) is 3.60. The van der Waals surface area contributed by atoms with Crippen LogP contribution in [0.3, 0.4) is 0 Å². The Kier molecular flexibility index (Phi) is 5.71. The Morgan fingerprint density at radius 2 is 1.84 bits per heavy atom. The lowest BCUT2D eigenvalue weighted by Crippen LogP contribution is -2.48. The zero-order chi connectivity index (χ0) is 17.6. The minimum atomic E-state index is -0.341. The molecule has 3 rings (SSSR count). The highest BCUT2D eigenvalue weighted by atomic mass is 16.5. The van der Waals surface area contributed by atoms with Crippen molar-refractivity contribution in [3.8, 4) is 0 Å². The first-order valence-electron chi connectivity index (χ1n) is 8.82. The second-order valence-corrected chi connectivity index (χ2v) is 6.97. The van der Waals surface area contributed by atoms with E-state index in [1.165, 1.54) is 11.1 Å². The van der Waals surface area contributed by atoms with E-state index in [1.54, 1.807) is 0 Å². The Bertz CT molecular complexity index is 685. The molecule has 1 N–H and O–H groups in total. The second kappa shape index (κ2) is 8.17. The number of alkyl carbamates (subject to hydrolysis) is 1. The lowest BCUT2D eigenvalue weighted by atomic mass is 9.88. The lowest BCUT2D eigenvalue weighted by molar-refractivity contribution is 0.125. The number of carbonyl (C=O) groups is 1. The zero-order valence-corrected chi connectivity index (χ0v) is 14.9. The topological polar surface area (TPSA) is 41.6 Å². The van der Waals surface area contributed by atoms with Crippen LogP contribution >= 0.6 is 0 Å². The number of nitrogens with one attached hydrogen (secondary N) is 1. The van der Waals surface area contributed by atoms with Gasteiger partial charge in [-0.05, 0) is 37.4 Å². The molecule has 1 aliphatic heterocycles. The van der Waals surface area contributed by atoms with Crippen molar-refractivity contribution in [2.45, 2.75) is 31.9 Å². The van der Waals surface area contributed by atoms with E-state index in [1.807, 2.05) is 30.3 Å². The first-order chi connectivity index (χ1) is 12.1. The maximum Gasteiger partial charge on any atom is 0.407 e. The zero-order valence-electron chi connectivity index (χ0n) is 14.9. The smallest absolute Gasteiger partial charge is 0.407 e. The van der Waals surface area contributed by atoms with Crippen molar-refractivity contribution >= 4 is 6.09 Å². The van der Waals surface area contributed by atoms with Crippen molar-refractivity contribution in [3.63, 3.8) is 0 Å². The van der Waals surface area contributed by atoms with Crippen molar-refractivity contribution in [1.82, 2.24) is 10.2 Å². The van der Waals surface area contributed by atoms with E-state index in [0.29, 0.717) is 12.5 Å². The van der Waals surface area contributed by atoms with E-state index in [-0.39, 0.29) is 12.1 Å². The number of hydrogen-bond donors (Lipinski definition) is 1. The summed E-state index contributed by atoms with van der Waals surface area (Å²) in [5, 5.41) is 3.03. The van der Waals surface area contributed by atoms with Gasteiger partial charge in [0.25, 0.3) is 0 Å². The highest BCUT2D eigenvalue weighted by Crippen LogP contribution is 2.26. The number of likely N-dealkylation sites (tertiary alicyclic amines) is 1. The third-order valence-electron chi connectivity index (χ3n) is 4.72. The molecule has 2 atom stereocenters. The van der Waals surface area contributed by atoms with Crippen LogP contribution in [0.25, 0.3) is 0 Å². The van der Waals surface area contributed by atoms with Crippen LogP contribution in [0, 0.1) is 6.92 Å². The van der Waals surface area contributed by atoms with Crippen LogP contribution in [0.4, 0.5) is 4.79 Å². The molecule has 132 valence electrons. The molecule has 2 aromatic rings. The Morgan fingerprint density at radius 3 is 2.56 bits per heavy atom. The van der Waals surface area contributed by atoms with E-state index < -0.39 is 0 Å². The number of nitrogens with zero attached hydrogens (tertiary/aromatic N) is 1. The standard InChI is InChI=1S/C21H26N2O2/c1-16-8-10-18(11-9-16)19-12-20(14-23(2)13-19)22-21(24)25-15-17-6-4-3-5-7-17/h3-11,19-20H,12-15H2,1-2H3,(H,22,24). The molecular weight excluding hydrogens is 312 g/mol. The Morgan fingerprint density at radius 1 is 1.12 bits per heavy atom.